The monoisotopic (exact) mass is 348 g/mol. The van der Waals surface area contributed by atoms with E-state index in [1.807, 2.05) is 19.1 Å². The number of para-hydroxylation sites is 1. The van der Waals surface area contributed by atoms with Crippen molar-refractivity contribution in [3.05, 3.63) is 58.6 Å². The van der Waals surface area contributed by atoms with E-state index < -0.39 is 0 Å². The summed E-state index contributed by atoms with van der Waals surface area (Å²) < 4.78 is 10.9. The number of halogens is 1. The lowest BCUT2D eigenvalue weighted by Gasteiger charge is -2.14. The van der Waals surface area contributed by atoms with Gasteiger partial charge >= 0.3 is 0 Å². The number of benzene rings is 2. The summed E-state index contributed by atoms with van der Waals surface area (Å²) in [5, 5.41) is 3.26. The molecule has 5 nitrogen and oxygen atoms in total. The van der Waals surface area contributed by atoms with Crippen LogP contribution in [0.3, 0.4) is 0 Å². The van der Waals surface area contributed by atoms with E-state index in [1.165, 1.54) is 0 Å². The van der Waals surface area contributed by atoms with Crippen molar-refractivity contribution in [1.29, 1.82) is 0 Å². The van der Waals surface area contributed by atoms with Crippen molar-refractivity contribution in [2.75, 3.05) is 25.1 Å². The molecule has 0 atom stereocenters. The van der Waals surface area contributed by atoms with Crippen LogP contribution < -0.4 is 15.8 Å². The zero-order valence-electron chi connectivity index (χ0n) is 13.5. The molecule has 6 heteroatoms. The second-order valence-electron chi connectivity index (χ2n) is 5.02. The third-order valence-corrected chi connectivity index (χ3v) is 3.64. The molecule has 0 aliphatic heterocycles. The summed E-state index contributed by atoms with van der Waals surface area (Å²) >= 11 is 6.18. The van der Waals surface area contributed by atoms with E-state index in [1.54, 1.807) is 30.3 Å². The zero-order chi connectivity index (χ0) is 17.4. The average molecular weight is 349 g/mol. The number of nitrogens with two attached hydrogens (primary N) is 1. The van der Waals surface area contributed by atoms with E-state index in [0.29, 0.717) is 48.4 Å². The fourth-order valence-electron chi connectivity index (χ4n) is 2.09. The quantitative estimate of drug-likeness (QED) is 0.716. The third-order valence-electron chi connectivity index (χ3n) is 3.35. The Kier molecular flexibility index (Phi) is 7.06. The molecule has 3 N–H and O–H groups in total. The van der Waals surface area contributed by atoms with Gasteiger partial charge in [-0.25, -0.2) is 0 Å². The molecule has 0 radical (unpaired) electrons. The molecule has 2 aromatic carbocycles. The van der Waals surface area contributed by atoms with Crippen LogP contribution in [-0.4, -0.2) is 25.7 Å². The Hall–Kier alpha value is -2.08. The molecular formula is C18H21ClN2O3. The van der Waals surface area contributed by atoms with E-state index in [9.17, 15) is 4.79 Å². The van der Waals surface area contributed by atoms with Crippen LogP contribution in [0.5, 0.6) is 5.75 Å². The molecule has 0 unspecified atom stereocenters. The summed E-state index contributed by atoms with van der Waals surface area (Å²) in [6.45, 7) is 3.78. The molecule has 0 fully saturated rings. The van der Waals surface area contributed by atoms with E-state index in [0.717, 1.165) is 5.56 Å². The molecule has 1 amide bonds. The maximum atomic E-state index is 12.4. The number of carbonyl (C=O) groups is 1. The van der Waals surface area contributed by atoms with E-state index in [-0.39, 0.29) is 5.91 Å². The number of rotatable bonds is 8. The topological polar surface area (TPSA) is 73.6 Å². The Morgan fingerprint density at radius 3 is 2.58 bits per heavy atom. The Morgan fingerprint density at radius 2 is 1.92 bits per heavy atom. The minimum Gasteiger partial charge on any atom is -0.487 e. The van der Waals surface area contributed by atoms with Gasteiger partial charge in [0.2, 0.25) is 0 Å². The van der Waals surface area contributed by atoms with Crippen LogP contribution in [-0.2, 0) is 11.3 Å². The fraction of sp³-hybridized carbons (Fsp3) is 0.278. The maximum Gasteiger partial charge on any atom is 0.255 e. The lowest BCUT2D eigenvalue weighted by atomic mass is 10.1. The minimum atomic E-state index is -0.240. The SMILES string of the molecule is CCOCCOc1c(Cl)cccc1NC(=O)c1ccc(CN)cc1. The van der Waals surface area contributed by atoms with Crippen molar-refractivity contribution in [3.8, 4) is 5.75 Å². The molecule has 0 aromatic heterocycles. The highest BCUT2D eigenvalue weighted by molar-refractivity contribution is 6.32. The molecule has 0 aliphatic rings. The summed E-state index contributed by atoms with van der Waals surface area (Å²) in [5.74, 6) is 0.196. The summed E-state index contributed by atoms with van der Waals surface area (Å²) in [6, 6.07) is 12.3. The maximum absolute atomic E-state index is 12.4. The van der Waals surface area contributed by atoms with Gasteiger partial charge in [0.1, 0.15) is 6.61 Å². The van der Waals surface area contributed by atoms with E-state index >= 15 is 0 Å². The lowest BCUT2D eigenvalue weighted by molar-refractivity contribution is 0.102. The third kappa shape index (κ3) is 4.96. The predicted molar refractivity (Wildman–Crippen MR) is 95.7 cm³/mol. The highest BCUT2D eigenvalue weighted by Gasteiger charge is 2.13. The van der Waals surface area contributed by atoms with Crippen LogP contribution >= 0.6 is 11.6 Å². The van der Waals surface area contributed by atoms with Crippen molar-refractivity contribution in [2.24, 2.45) is 5.73 Å². The number of nitrogens with one attached hydrogen (secondary N) is 1. The Labute approximate surface area is 146 Å². The fourth-order valence-corrected chi connectivity index (χ4v) is 2.32. The van der Waals surface area contributed by atoms with Crippen molar-refractivity contribution in [3.63, 3.8) is 0 Å². The normalized spacial score (nSPS) is 10.5. The van der Waals surface area contributed by atoms with Gasteiger partial charge < -0.3 is 20.5 Å². The van der Waals surface area contributed by atoms with E-state index in [4.69, 9.17) is 26.8 Å². The molecule has 0 bridgehead atoms. The lowest BCUT2D eigenvalue weighted by Crippen LogP contribution is -2.14. The first-order chi connectivity index (χ1) is 11.7. The second-order valence-corrected chi connectivity index (χ2v) is 5.42. The molecule has 24 heavy (non-hydrogen) atoms. The van der Waals surface area contributed by atoms with Crippen LogP contribution in [0.2, 0.25) is 5.02 Å². The first-order valence-electron chi connectivity index (χ1n) is 7.75. The van der Waals surface area contributed by atoms with Gasteiger partial charge in [-0.1, -0.05) is 29.8 Å². The molecule has 0 saturated carbocycles. The molecule has 0 spiro atoms. The minimum absolute atomic E-state index is 0.240. The Balaban J connectivity index is 2.09. The molecular weight excluding hydrogens is 328 g/mol. The van der Waals surface area contributed by atoms with Gasteiger partial charge in [-0.15, -0.1) is 0 Å². The van der Waals surface area contributed by atoms with Crippen molar-refractivity contribution in [1.82, 2.24) is 0 Å². The average Bonchev–Trinajstić information content (AvgIpc) is 2.60. The first kappa shape index (κ1) is 18.3. The van der Waals surface area contributed by atoms with Crippen LogP contribution in [0.4, 0.5) is 5.69 Å². The first-order valence-corrected chi connectivity index (χ1v) is 8.13. The van der Waals surface area contributed by atoms with Gasteiger partial charge in [-0.05, 0) is 36.8 Å². The number of hydrogen-bond acceptors (Lipinski definition) is 4. The number of carbonyl (C=O) groups excluding carboxylic acids is 1. The standard InChI is InChI=1S/C18H21ClN2O3/c1-2-23-10-11-24-17-15(19)4-3-5-16(17)21-18(22)14-8-6-13(12-20)7-9-14/h3-9H,2,10-12,20H2,1H3,(H,21,22). The number of amides is 1. The van der Waals surface area contributed by atoms with E-state index in [2.05, 4.69) is 5.32 Å². The summed E-state index contributed by atoms with van der Waals surface area (Å²) in [7, 11) is 0. The van der Waals surface area contributed by atoms with Crippen molar-refractivity contribution >= 4 is 23.2 Å². The molecule has 0 aliphatic carbocycles. The van der Waals surface area contributed by atoms with Crippen LogP contribution in [0.25, 0.3) is 0 Å². The predicted octanol–water partition coefficient (Wildman–Crippen LogP) is 3.47. The molecule has 0 saturated heterocycles. The zero-order valence-corrected chi connectivity index (χ0v) is 14.3. The number of hydrogen-bond donors (Lipinski definition) is 2. The Morgan fingerprint density at radius 1 is 1.17 bits per heavy atom. The van der Waals surface area contributed by atoms with Crippen molar-refractivity contribution < 1.29 is 14.3 Å². The van der Waals surface area contributed by atoms with Gasteiger partial charge in [0.25, 0.3) is 5.91 Å². The second kappa shape index (κ2) is 9.27. The van der Waals surface area contributed by atoms with Gasteiger partial charge in [0.15, 0.2) is 5.75 Å². The van der Waals surface area contributed by atoms with Gasteiger partial charge in [0.05, 0.1) is 17.3 Å². The molecule has 128 valence electrons. The number of anilines is 1. The Bertz CT molecular complexity index is 674. The summed E-state index contributed by atoms with van der Waals surface area (Å²) in [6.07, 6.45) is 0. The largest absolute Gasteiger partial charge is 0.487 e. The van der Waals surface area contributed by atoms with Crippen LogP contribution in [0.1, 0.15) is 22.8 Å². The van der Waals surface area contributed by atoms with Gasteiger partial charge in [-0.3, -0.25) is 4.79 Å². The number of ether oxygens (including phenoxy) is 2. The van der Waals surface area contributed by atoms with Crippen LogP contribution in [0.15, 0.2) is 42.5 Å². The molecule has 0 heterocycles. The summed E-state index contributed by atoms with van der Waals surface area (Å²) in [5.41, 5.74) is 7.58. The van der Waals surface area contributed by atoms with Crippen molar-refractivity contribution in [2.45, 2.75) is 13.5 Å². The highest BCUT2D eigenvalue weighted by atomic mass is 35.5. The van der Waals surface area contributed by atoms with Gasteiger partial charge in [0, 0.05) is 18.7 Å². The van der Waals surface area contributed by atoms with Gasteiger partial charge in [-0.2, -0.15) is 0 Å². The molecule has 2 rings (SSSR count). The highest BCUT2D eigenvalue weighted by Crippen LogP contribution is 2.33. The molecule has 2 aromatic rings. The van der Waals surface area contributed by atoms with Crippen LogP contribution in [0, 0.1) is 0 Å². The smallest absolute Gasteiger partial charge is 0.255 e. The summed E-state index contributed by atoms with van der Waals surface area (Å²) in [4.78, 5) is 12.4.